The summed E-state index contributed by atoms with van der Waals surface area (Å²) >= 11 is 0. The normalized spacial score (nSPS) is 20.1. The molecule has 16 heteroatoms. The zero-order valence-electron chi connectivity index (χ0n) is 33.2. The average Bonchev–Trinajstić information content (AvgIpc) is 3.17. The second-order valence-electron chi connectivity index (χ2n) is 15.4. The van der Waals surface area contributed by atoms with Crippen molar-refractivity contribution in [3.8, 4) is 0 Å². The van der Waals surface area contributed by atoms with E-state index in [2.05, 4.69) is 22.9 Å². The van der Waals surface area contributed by atoms with E-state index in [4.69, 9.17) is 0 Å². The summed E-state index contributed by atoms with van der Waals surface area (Å²) in [6.07, 6.45) is 5.39. The quantitative estimate of drug-likeness (QED) is 0.117. The Morgan fingerprint density at radius 2 is 1.18 bits per heavy atom. The number of fused-ring (bicyclic) bond motifs is 1. The number of aliphatic carboxylic acids is 3. The smallest absolute Gasteiger partial charge is 0.317 e. The van der Waals surface area contributed by atoms with E-state index in [0.717, 1.165) is 54.9 Å². The number of carbonyl (C=O) groups is 6. The summed E-state index contributed by atoms with van der Waals surface area (Å²) in [5.41, 5.74) is 0.876. The summed E-state index contributed by atoms with van der Waals surface area (Å²) < 4.78 is 0. The standard InChI is InChI=1S/C41H61N7O9/c1-2-3-14-42-40(56)33-12-8-30(9-13-33)25-43-41(57)35(24-31-10-11-32-6-4-5-7-34(32)23-31)44-36(49)26-45-15-17-46(27-37(50)51)19-21-48(29-39(54)55)22-20-47(18-16-45)28-38(52)53/h4-7,10-11,23,30,33,35H,2-3,8-9,12-22,24-29H2,1H3,(H,42,56)(H,43,57)(H,44,49)(H,50,51)(H,52,53)(H,54,55). The monoisotopic (exact) mass is 795 g/mol. The highest BCUT2D eigenvalue weighted by atomic mass is 16.4. The highest BCUT2D eigenvalue weighted by molar-refractivity contribution is 5.89. The molecule has 1 atom stereocenters. The van der Waals surface area contributed by atoms with Crippen LogP contribution in [0.4, 0.5) is 0 Å². The van der Waals surface area contributed by atoms with Gasteiger partial charge < -0.3 is 31.3 Å². The molecule has 1 unspecified atom stereocenters. The van der Waals surface area contributed by atoms with E-state index >= 15 is 0 Å². The first-order valence-corrected chi connectivity index (χ1v) is 20.3. The first-order chi connectivity index (χ1) is 27.4. The van der Waals surface area contributed by atoms with Gasteiger partial charge in [0.05, 0.1) is 26.2 Å². The van der Waals surface area contributed by atoms with Gasteiger partial charge in [-0.25, -0.2) is 0 Å². The fourth-order valence-electron chi connectivity index (χ4n) is 7.57. The fraction of sp³-hybridized carbons (Fsp3) is 0.610. The van der Waals surface area contributed by atoms with Crippen LogP contribution in [0.5, 0.6) is 0 Å². The number of unbranched alkanes of at least 4 members (excludes halogenated alkanes) is 1. The van der Waals surface area contributed by atoms with Gasteiger partial charge in [-0.2, -0.15) is 0 Å². The van der Waals surface area contributed by atoms with Crippen molar-refractivity contribution < 1.29 is 44.1 Å². The lowest BCUT2D eigenvalue weighted by atomic mass is 9.81. The maximum atomic E-state index is 13.9. The number of amides is 3. The molecule has 314 valence electrons. The van der Waals surface area contributed by atoms with E-state index in [9.17, 15) is 44.1 Å². The molecule has 4 rings (SSSR count). The van der Waals surface area contributed by atoms with Crippen LogP contribution in [0.15, 0.2) is 42.5 Å². The molecule has 0 spiro atoms. The molecule has 1 heterocycles. The minimum Gasteiger partial charge on any atom is -0.480 e. The molecular formula is C41H61N7O9. The van der Waals surface area contributed by atoms with E-state index in [1.54, 1.807) is 14.7 Å². The lowest BCUT2D eigenvalue weighted by Gasteiger charge is -2.33. The molecule has 1 aliphatic heterocycles. The van der Waals surface area contributed by atoms with Crippen LogP contribution in [0.2, 0.25) is 0 Å². The van der Waals surface area contributed by atoms with Gasteiger partial charge in [-0.15, -0.1) is 0 Å². The summed E-state index contributed by atoms with van der Waals surface area (Å²) in [5, 5.41) is 39.7. The molecule has 1 saturated carbocycles. The first-order valence-electron chi connectivity index (χ1n) is 20.3. The zero-order valence-corrected chi connectivity index (χ0v) is 33.2. The van der Waals surface area contributed by atoms with Crippen molar-refractivity contribution in [1.29, 1.82) is 0 Å². The van der Waals surface area contributed by atoms with Crippen molar-refractivity contribution >= 4 is 46.4 Å². The third-order valence-electron chi connectivity index (χ3n) is 10.9. The van der Waals surface area contributed by atoms with Crippen LogP contribution in [-0.4, -0.2) is 168 Å². The van der Waals surface area contributed by atoms with Gasteiger partial charge in [0, 0.05) is 77.8 Å². The van der Waals surface area contributed by atoms with Crippen molar-refractivity contribution in [2.75, 3.05) is 91.6 Å². The fourth-order valence-corrected chi connectivity index (χ4v) is 7.57. The Hall–Kier alpha value is -4.64. The molecule has 2 aromatic rings. The number of carboxylic acid groups (broad SMARTS) is 3. The summed E-state index contributed by atoms with van der Waals surface area (Å²) in [6, 6.07) is 13.0. The Labute approximate surface area is 334 Å². The van der Waals surface area contributed by atoms with Gasteiger partial charge in [-0.1, -0.05) is 55.8 Å². The van der Waals surface area contributed by atoms with E-state index in [1.807, 2.05) is 47.4 Å². The number of nitrogens with one attached hydrogen (secondary N) is 3. The number of rotatable bonds is 18. The predicted octanol–water partition coefficient (Wildman–Crippen LogP) is 1.18. The van der Waals surface area contributed by atoms with Crippen LogP contribution in [-0.2, 0) is 35.2 Å². The average molecular weight is 796 g/mol. The summed E-state index contributed by atoms with van der Waals surface area (Å²) in [5.74, 6) is -3.51. The van der Waals surface area contributed by atoms with E-state index < -0.39 is 29.9 Å². The Morgan fingerprint density at radius 3 is 1.68 bits per heavy atom. The van der Waals surface area contributed by atoms with Crippen LogP contribution in [0.1, 0.15) is 51.0 Å². The van der Waals surface area contributed by atoms with Crippen LogP contribution in [0.3, 0.4) is 0 Å². The molecule has 6 N–H and O–H groups in total. The number of nitrogens with zero attached hydrogens (tertiary/aromatic N) is 4. The molecule has 0 aromatic heterocycles. The highest BCUT2D eigenvalue weighted by Crippen LogP contribution is 2.28. The van der Waals surface area contributed by atoms with Gasteiger partial charge in [0.15, 0.2) is 0 Å². The maximum Gasteiger partial charge on any atom is 0.317 e. The molecule has 2 fully saturated rings. The Balaban J connectivity index is 1.44. The van der Waals surface area contributed by atoms with Crippen LogP contribution >= 0.6 is 0 Å². The van der Waals surface area contributed by atoms with Gasteiger partial charge in [0.25, 0.3) is 0 Å². The molecule has 3 amide bonds. The Bertz CT molecular complexity index is 1620. The van der Waals surface area contributed by atoms with E-state index in [-0.39, 0.29) is 109 Å². The minimum atomic E-state index is -1.03. The molecule has 2 aromatic carbocycles. The molecule has 1 aliphatic carbocycles. The second kappa shape index (κ2) is 23.6. The number of hydrogen-bond donors (Lipinski definition) is 6. The molecule has 16 nitrogen and oxygen atoms in total. The van der Waals surface area contributed by atoms with Gasteiger partial charge in [-0.3, -0.25) is 48.4 Å². The van der Waals surface area contributed by atoms with Crippen LogP contribution in [0, 0.1) is 11.8 Å². The van der Waals surface area contributed by atoms with Crippen molar-refractivity contribution in [3.05, 3.63) is 48.0 Å². The van der Waals surface area contributed by atoms with E-state index in [1.165, 1.54) is 0 Å². The third kappa shape index (κ3) is 16.4. The van der Waals surface area contributed by atoms with Gasteiger partial charge in [-0.05, 0) is 54.4 Å². The number of benzene rings is 2. The largest absolute Gasteiger partial charge is 0.480 e. The molecule has 2 aliphatic rings. The predicted molar refractivity (Wildman–Crippen MR) is 215 cm³/mol. The van der Waals surface area contributed by atoms with Gasteiger partial charge in [0.2, 0.25) is 17.7 Å². The van der Waals surface area contributed by atoms with Crippen LogP contribution < -0.4 is 16.0 Å². The molecular weight excluding hydrogens is 734 g/mol. The lowest BCUT2D eigenvalue weighted by molar-refractivity contribution is -0.140. The number of carbonyl (C=O) groups excluding carboxylic acids is 3. The SMILES string of the molecule is CCCCNC(=O)C1CCC(CNC(=O)C(Cc2ccc3ccccc3c2)NC(=O)CN2CCN(CC(=O)O)CCN(CC(=O)O)CCN(CC(=O)O)CC2)CC1. The lowest BCUT2D eigenvalue weighted by Crippen LogP contribution is -2.53. The molecule has 57 heavy (non-hydrogen) atoms. The number of carboxylic acids is 3. The highest BCUT2D eigenvalue weighted by Gasteiger charge is 2.29. The van der Waals surface area contributed by atoms with E-state index in [0.29, 0.717) is 13.1 Å². The topological polar surface area (TPSA) is 212 Å². The van der Waals surface area contributed by atoms with Gasteiger partial charge >= 0.3 is 17.9 Å². The first kappa shape index (κ1) is 45.1. The summed E-state index contributed by atoms with van der Waals surface area (Å²) in [4.78, 5) is 82.1. The summed E-state index contributed by atoms with van der Waals surface area (Å²) in [7, 11) is 0. The van der Waals surface area contributed by atoms with Crippen molar-refractivity contribution in [2.24, 2.45) is 11.8 Å². The third-order valence-corrected chi connectivity index (χ3v) is 10.9. The zero-order chi connectivity index (χ0) is 41.2. The molecule has 0 radical (unpaired) electrons. The molecule has 1 saturated heterocycles. The Morgan fingerprint density at radius 1 is 0.667 bits per heavy atom. The molecule has 0 bridgehead atoms. The Kier molecular flexibility index (Phi) is 18.6. The second-order valence-corrected chi connectivity index (χ2v) is 15.4. The minimum absolute atomic E-state index is 0.0152. The van der Waals surface area contributed by atoms with Crippen molar-refractivity contribution in [3.63, 3.8) is 0 Å². The maximum absolute atomic E-state index is 13.9. The van der Waals surface area contributed by atoms with Crippen LogP contribution in [0.25, 0.3) is 10.8 Å². The number of hydrogen-bond acceptors (Lipinski definition) is 10. The summed E-state index contributed by atoms with van der Waals surface area (Å²) in [6.45, 7) is 4.45. The van der Waals surface area contributed by atoms with Gasteiger partial charge in [0.1, 0.15) is 6.04 Å². The van der Waals surface area contributed by atoms with Crippen molar-refractivity contribution in [2.45, 2.75) is 57.9 Å². The van der Waals surface area contributed by atoms with Crippen molar-refractivity contribution in [1.82, 2.24) is 35.6 Å².